The Morgan fingerprint density at radius 2 is 1.72 bits per heavy atom. The molecular weight excluding hydrogens is 398 g/mol. The van der Waals surface area contributed by atoms with Gasteiger partial charge in [-0.25, -0.2) is 0 Å². The van der Waals surface area contributed by atoms with Crippen LogP contribution in [0.3, 0.4) is 0 Å². The topological polar surface area (TPSA) is 133 Å². The van der Waals surface area contributed by atoms with E-state index in [9.17, 15) is 25.0 Å². The van der Waals surface area contributed by atoms with Crippen molar-refractivity contribution in [2.75, 3.05) is 5.32 Å². The van der Waals surface area contributed by atoms with Gasteiger partial charge in [0, 0.05) is 12.1 Å². The van der Waals surface area contributed by atoms with Gasteiger partial charge in [-0.1, -0.05) is 0 Å². The van der Waals surface area contributed by atoms with Gasteiger partial charge in [0.15, 0.2) is 0 Å². The van der Waals surface area contributed by atoms with Crippen LogP contribution in [0.15, 0.2) is 16.6 Å². The molecule has 0 unspecified atom stereocenters. The smallest absolute Gasteiger partial charge is 0.281 e. The maximum absolute atomic E-state index is 12.2. The summed E-state index contributed by atoms with van der Waals surface area (Å²) >= 11 is 3.35. The average molecular weight is 412 g/mol. The fourth-order valence-corrected chi connectivity index (χ4v) is 2.58. The van der Waals surface area contributed by atoms with Crippen molar-refractivity contribution in [3.8, 4) is 0 Å². The van der Waals surface area contributed by atoms with E-state index in [-0.39, 0.29) is 17.8 Å². The third-order valence-electron chi connectivity index (χ3n) is 3.62. The molecule has 0 fully saturated rings. The van der Waals surface area contributed by atoms with E-state index in [1.807, 2.05) is 0 Å². The number of nitro groups is 2. The van der Waals surface area contributed by atoms with E-state index >= 15 is 0 Å². The molecule has 25 heavy (non-hydrogen) atoms. The van der Waals surface area contributed by atoms with Crippen molar-refractivity contribution >= 4 is 38.9 Å². The molecule has 0 atom stereocenters. The molecule has 0 radical (unpaired) electrons. The summed E-state index contributed by atoms with van der Waals surface area (Å²) in [6, 6.07) is 2.19. The van der Waals surface area contributed by atoms with E-state index < -0.39 is 27.1 Å². The Morgan fingerprint density at radius 3 is 2.12 bits per heavy atom. The fraction of sp³-hybridized carbons (Fsp3) is 0.286. The Bertz CT molecular complexity index is 857. The minimum absolute atomic E-state index is 0.0189. The molecule has 1 heterocycles. The molecule has 11 heteroatoms. The van der Waals surface area contributed by atoms with Gasteiger partial charge < -0.3 is 5.32 Å². The number of aromatic nitrogens is 2. The van der Waals surface area contributed by atoms with Crippen LogP contribution in [-0.4, -0.2) is 25.5 Å². The Labute approximate surface area is 150 Å². The third-order valence-corrected chi connectivity index (χ3v) is 4.76. The van der Waals surface area contributed by atoms with Crippen molar-refractivity contribution < 1.29 is 14.6 Å². The van der Waals surface area contributed by atoms with Crippen LogP contribution in [0.5, 0.6) is 0 Å². The molecule has 132 valence electrons. The Hall–Kier alpha value is -2.82. The first-order valence-corrected chi connectivity index (χ1v) is 7.84. The van der Waals surface area contributed by atoms with Crippen LogP contribution in [0, 0.1) is 41.0 Å². The van der Waals surface area contributed by atoms with Gasteiger partial charge in [0.25, 0.3) is 11.4 Å². The highest BCUT2D eigenvalue weighted by Crippen LogP contribution is 2.31. The predicted octanol–water partition coefficient (Wildman–Crippen LogP) is 3.03. The lowest BCUT2D eigenvalue weighted by Crippen LogP contribution is -2.20. The number of hydrogen-bond donors (Lipinski definition) is 1. The summed E-state index contributed by atoms with van der Waals surface area (Å²) in [7, 11) is 0. The first kappa shape index (κ1) is 18.5. The van der Waals surface area contributed by atoms with Crippen molar-refractivity contribution in [3.05, 3.63) is 53.8 Å². The zero-order valence-electron chi connectivity index (χ0n) is 13.6. The highest BCUT2D eigenvalue weighted by Gasteiger charge is 2.24. The number of nitro benzene ring substituents is 2. The molecule has 0 spiro atoms. The molecule has 0 saturated heterocycles. The number of halogens is 1. The van der Waals surface area contributed by atoms with Crippen molar-refractivity contribution in [1.82, 2.24) is 9.78 Å². The fourth-order valence-electron chi connectivity index (χ4n) is 2.30. The largest absolute Gasteiger partial charge is 0.324 e. The van der Waals surface area contributed by atoms with Gasteiger partial charge in [-0.3, -0.25) is 29.7 Å². The van der Waals surface area contributed by atoms with Crippen LogP contribution in [-0.2, 0) is 11.3 Å². The second-order valence-electron chi connectivity index (χ2n) is 5.34. The van der Waals surface area contributed by atoms with Crippen molar-refractivity contribution in [2.24, 2.45) is 0 Å². The molecule has 0 aliphatic heterocycles. The van der Waals surface area contributed by atoms with E-state index in [4.69, 9.17) is 0 Å². The summed E-state index contributed by atoms with van der Waals surface area (Å²) in [4.78, 5) is 32.8. The molecule has 1 N–H and O–H groups in total. The quantitative estimate of drug-likeness (QED) is 0.593. The lowest BCUT2D eigenvalue weighted by molar-refractivity contribution is -0.395. The zero-order valence-corrected chi connectivity index (χ0v) is 15.2. The molecule has 0 aliphatic rings. The molecule has 10 nitrogen and oxygen atoms in total. The monoisotopic (exact) mass is 411 g/mol. The number of rotatable bonds is 5. The van der Waals surface area contributed by atoms with Gasteiger partial charge >= 0.3 is 0 Å². The lowest BCUT2D eigenvalue weighted by Gasteiger charge is -2.08. The van der Waals surface area contributed by atoms with Crippen LogP contribution in [0.2, 0.25) is 0 Å². The van der Waals surface area contributed by atoms with Crippen LogP contribution in [0.1, 0.15) is 17.0 Å². The highest BCUT2D eigenvalue weighted by atomic mass is 79.9. The van der Waals surface area contributed by atoms with Gasteiger partial charge in [0.05, 0.1) is 31.4 Å². The highest BCUT2D eigenvalue weighted by molar-refractivity contribution is 9.10. The normalized spacial score (nSPS) is 10.6. The van der Waals surface area contributed by atoms with Gasteiger partial charge in [0.1, 0.15) is 12.1 Å². The number of nitrogens with one attached hydrogen (secondary N) is 1. The molecule has 2 rings (SSSR count). The zero-order chi connectivity index (χ0) is 18.9. The summed E-state index contributed by atoms with van der Waals surface area (Å²) in [5, 5.41) is 28.8. The molecule has 0 bridgehead atoms. The number of nitrogens with zero attached hydrogens (tertiary/aromatic N) is 4. The standard InChI is InChI=1S/C14H14BrN5O5/c1-7-11(19(22)23)4-10(5-12(7)20(24)25)16-13(21)6-18-9(3)14(15)8(2)17-18/h4-5H,6H2,1-3H3,(H,16,21). The molecule has 1 aromatic heterocycles. The van der Waals surface area contributed by atoms with Gasteiger partial charge in [0.2, 0.25) is 5.91 Å². The van der Waals surface area contributed by atoms with E-state index in [2.05, 4.69) is 26.3 Å². The molecule has 0 saturated carbocycles. The number of benzene rings is 1. The second kappa shape index (κ2) is 6.97. The maximum atomic E-state index is 12.2. The number of carbonyl (C=O) groups is 1. The van der Waals surface area contributed by atoms with Crippen LogP contribution >= 0.6 is 15.9 Å². The summed E-state index contributed by atoms with van der Waals surface area (Å²) in [5.41, 5.74) is 0.502. The summed E-state index contributed by atoms with van der Waals surface area (Å²) in [6.45, 7) is 4.71. The van der Waals surface area contributed by atoms with Crippen LogP contribution < -0.4 is 5.32 Å². The summed E-state index contributed by atoms with van der Waals surface area (Å²) in [5.74, 6) is -0.509. The molecule has 1 amide bonds. The van der Waals surface area contributed by atoms with Crippen molar-refractivity contribution in [3.63, 3.8) is 0 Å². The van der Waals surface area contributed by atoms with E-state index in [0.29, 0.717) is 5.69 Å². The van der Waals surface area contributed by atoms with E-state index in [1.54, 1.807) is 13.8 Å². The van der Waals surface area contributed by atoms with Crippen LogP contribution in [0.25, 0.3) is 0 Å². The van der Waals surface area contributed by atoms with Crippen LogP contribution in [0.4, 0.5) is 17.1 Å². The number of amides is 1. The molecule has 2 aromatic rings. The Kier molecular flexibility index (Phi) is 5.16. The SMILES string of the molecule is Cc1nn(CC(=O)Nc2cc([N+](=O)[O-])c(C)c([N+](=O)[O-])c2)c(C)c1Br. The van der Waals surface area contributed by atoms with Gasteiger partial charge in [-0.15, -0.1) is 0 Å². The average Bonchev–Trinajstić information content (AvgIpc) is 2.75. The van der Waals surface area contributed by atoms with E-state index in [1.165, 1.54) is 11.6 Å². The lowest BCUT2D eigenvalue weighted by atomic mass is 10.1. The maximum Gasteiger partial charge on any atom is 0.281 e. The number of hydrogen-bond acceptors (Lipinski definition) is 6. The predicted molar refractivity (Wildman–Crippen MR) is 92.5 cm³/mol. The summed E-state index contributed by atoms with van der Waals surface area (Å²) < 4.78 is 2.24. The van der Waals surface area contributed by atoms with Gasteiger partial charge in [-0.2, -0.15) is 5.10 Å². The third kappa shape index (κ3) is 3.82. The van der Waals surface area contributed by atoms with Crippen molar-refractivity contribution in [2.45, 2.75) is 27.3 Å². The minimum Gasteiger partial charge on any atom is -0.324 e. The number of aryl methyl sites for hydroxylation is 1. The minimum atomic E-state index is -0.726. The molecule has 1 aromatic carbocycles. The van der Waals surface area contributed by atoms with E-state index in [0.717, 1.165) is 22.3 Å². The van der Waals surface area contributed by atoms with Crippen molar-refractivity contribution in [1.29, 1.82) is 0 Å². The van der Waals surface area contributed by atoms with Gasteiger partial charge in [-0.05, 0) is 36.7 Å². The number of anilines is 1. The Balaban J connectivity index is 2.30. The summed E-state index contributed by atoms with van der Waals surface area (Å²) in [6.07, 6.45) is 0. The second-order valence-corrected chi connectivity index (χ2v) is 6.14. The molecular formula is C14H14BrN5O5. The first-order valence-electron chi connectivity index (χ1n) is 7.04. The number of carbonyl (C=O) groups excluding carboxylic acids is 1. The Morgan fingerprint density at radius 1 is 1.20 bits per heavy atom. The molecule has 0 aliphatic carbocycles. The first-order chi connectivity index (χ1) is 11.6.